The molecule has 0 aliphatic carbocycles. The van der Waals surface area contributed by atoms with Crippen molar-refractivity contribution in [2.75, 3.05) is 26.3 Å². The average molecular weight is 168 g/mol. The van der Waals surface area contributed by atoms with Gasteiger partial charge in [-0.05, 0) is 6.92 Å². The van der Waals surface area contributed by atoms with E-state index in [1.165, 1.54) is 0 Å². The van der Waals surface area contributed by atoms with Crippen LogP contribution in [-0.2, 0) is 9.47 Å². The second-order valence-corrected chi connectivity index (χ2v) is 1.96. The predicted molar refractivity (Wildman–Crippen MR) is 41.5 cm³/mol. The van der Waals surface area contributed by atoms with Crippen LogP contribution in [0.4, 0.5) is 0 Å². The molecule has 4 heteroatoms. The minimum atomic E-state index is -0.0104. The Kier molecular flexibility index (Phi) is 6.02. The van der Waals surface area contributed by atoms with Gasteiger partial charge in [-0.25, -0.2) is 0 Å². The summed E-state index contributed by atoms with van der Waals surface area (Å²) in [5, 5.41) is 3.17. The number of nitrogens with one attached hydrogen (secondary N) is 1. The minimum Gasteiger partial charge on any atom is -0.352 e. The van der Waals surface area contributed by atoms with Crippen molar-refractivity contribution in [2.24, 2.45) is 0 Å². The lowest BCUT2D eigenvalue weighted by Gasteiger charge is -2.22. The van der Waals surface area contributed by atoms with Crippen molar-refractivity contribution in [3.8, 4) is 0 Å². The van der Waals surface area contributed by atoms with Crippen molar-refractivity contribution in [3.63, 3.8) is 0 Å². The molecule has 3 nitrogen and oxygen atoms in total. The van der Waals surface area contributed by atoms with Crippen LogP contribution in [0, 0.1) is 0 Å². The molecule has 0 amide bonds. The number of morpholine rings is 1. The molecular formula is C6H14ClNO2. The van der Waals surface area contributed by atoms with Crippen LogP contribution in [0.1, 0.15) is 6.92 Å². The van der Waals surface area contributed by atoms with Gasteiger partial charge < -0.3 is 14.8 Å². The molecule has 0 aromatic rings. The van der Waals surface area contributed by atoms with E-state index in [-0.39, 0.29) is 18.7 Å². The highest BCUT2D eigenvalue weighted by atomic mass is 35.5. The Bertz CT molecular complexity index is 73.4. The minimum absolute atomic E-state index is 0. The summed E-state index contributed by atoms with van der Waals surface area (Å²) in [6.45, 7) is 5.24. The Hall–Kier alpha value is 0.170. The highest BCUT2D eigenvalue weighted by Crippen LogP contribution is 1.96. The third-order valence-corrected chi connectivity index (χ3v) is 1.25. The molecule has 1 fully saturated rings. The third kappa shape index (κ3) is 3.37. The predicted octanol–water partition coefficient (Wildman–Crippen LogP) is 0.391. The zero-order chi connectivity index (χ0) is 6.53. The summed E-state index contributed by atoms with van der Waals surface area (Å²) in [5.41, 5.74) is 0. The summed E-state index contributed by atoms with van der Waals surface area (Å²) in [7, 11) is 0. The fourth-order valence-electron chi connectivity index (χ4n) is 0.834. The number of halogens is 1. The molecule has 62 valence electrons. The first kappa shape index (κ1) is 10.2. The van der Waals surface area contributed by atoms with Gasteiger partial charge in [0.25, 0.3) is 0 Å². The molecule has 0 spiro atoms. The average Bonchev–Trinajstić information content (AvgIpc) is 1.91. The van der Waals surface area contributed by atoms with E-state index < -0.39 is 0 Å². The van der Waals surface area contributed by atoms with Crippen LogP contribution in [0.2, 0.25) is 0 Å². The molecule has 0 aromatic heterocycles. The summed E-state index contributed by atoms with van der Waals surface area (Å²) >= 11 is 0. The lowest BCUT2D eigenvalue weighted by molar-refractivity contribution is -0.149. The lowest BCUT2D eigenvalue weighted by Crippen LogP contribution is -2.39. The number of ether oxygens (including phenoxy) is 2. The third-order valence-electron chi connectivity index (χ3n) is 1.25. The van der Waals surface area contributed by atoms with Crippen molar-refractivity contribution < 1.29 is 9.47 Å². The van der Waals surface area contributed by atoms with Crippen LogP contribution in [0.5, 0.6) is 0 Å². The molecule has 1 aliphatic heterocycles. The highest BCUT2D eigenvalue weighted by molar-refractivity contribution is 5.85. The standard InChI is InChI=1S/C6H13NO2.ClH/c1-2-8-6-5-7-3-4-9-6;/h6-7H,2-5H2,1H3;1H. The Morgan fingerprint density at radius 1 is 1.70 bits per heavy atom. The van der Waals surface area contributed by atoms with E-state index in [0.717, 1.165) is 26.3 Å². The molecule has 1 heterocycles. The fourth-order valence-corrected chi connectivity index (χ4v) is 0.834. The van der Waals surface area contributed by atoms with Crippen molar-refractivity contribution >= 4 is 12.4 Å². The molecule has 1 atom stereocenters. The normalized spacial score (nSPS) is 25.5. The van der Waals surface area contributed by atoms with Crippen LogP contribution < -0.4 is 5.32 Å². The van der Waals surface area contributed by atoms with Crippen molar-refractivity contribution in [2.45, 2.75) is 13.2 Å². The van der Waals surface area contributed by atoms with Crippen molar-refractivity contribution in [1.82, 2.24) is 5.32 Å². The van der Waals surface area contributed by atoms with Gasteiger partial charge >= 0.3 is 0 Å². The number of rotatable bonds is 2. The van der Waals surface area contributed by atoms with E-state index >= 15 is 0 Å². The van der Waals surface area contributed by atoms with Gasteiger partial charge in [0.2, 0.25) is 0 Å². The highest BCUT2D eigenvalue weighted by Gasteiger charge is 2.11. The van der Waals surface area contributed by atoms with Crippen molar-refractivity contribution in [3.05, 3.63) is 0 Å². The second-order valence-electron chi connectivity index (χ2n) is 1.96. The lowest BCUT2D eigenvalue weighted by atomic mass is 10.5. The topological polar surface area (TPSA) is 30.5 Å². The zero-order valence-electron chi connectivity index (χ0n) is 6.13. The summed E-state index contributed by atoms with van der Waals surface area (Å²) in [4.78, 5) is 0. The number of hydrogen-bond acceptors (Lipinski definition) is 3. The Balaban J connectivity index is 0.000000810. The molecule has 1 unspecified atom stereocenters. The summed E-state index contributed by atoms with van der Waals surface area (Å²) < 4.78 is 10.4. The van der Waals surface area contributed by atoms with E-state index in [1.54, 1.807) is 0 Å². The first-order chi connectivity index (χ1) is 4.43. The van der Waals surface area contributed by atoms with E-state index in [4.69, 9.17) is 9.47 Å². The van der Waals surface area contributed by atoms with Crippen LogP contribution in [0.15, 0.2) is 0 Å². The monoisotopic (exact) mass is 167 g/mol. The molecule has 1 aliphatic rings. The van der Waals surface area contributed by atoms with Gasteiger partial charge in [-0.1, -0.05) is 0 Å². The van der Waals surface area contributed by atoms with Gasteiger partial charge in [-0.3, -0.25) is 0 Å². The van der Waals surface area contributed by atoms with Crippen LogP contribution in [0.25, 0.3) is 0 Å². The van der Waals surface area contributed by atoms with Gasteiger partial charge in [0.1, 0.15) is 0 Å². The largest absolute Gasteiger partial charge is 0.352 e. The SMILES string of the molecule is CCOC1CNCCO1.Cl. The maximum atomic E-state index is 5.23. The molecule has 0 bridgehead atoms. The van der Waals surface area contributed by atoms with E-state index in [2.05, 4.69) is 5.32 Å². The fraction of sp³-hybridized carbons (Fsp3) is 1.00. The van der Waals surface area contributed by atoms with Gasteiger partial charge in [0, 0.05) is 19.7 Å². The maximum Gasteiger partial charge on any atom is 0.169 e. The maximum absolute atomic E-state index is 5.23. The summed E-state index contributed by atoms with van der Waals surface area (Å²) in [6.07, 6.45) is -0.0104. The summed E-state index contributed by atoms with van der Waals surface area (Å²) in [5.74, 6) is 0. The molecule has 0 aromatic carbocycles. The van der Waals surface area contributed by atoms with Gasteiger partial charge in [0.05, 0.1) is 6.61 Å². The smallest absolute Gasteiger partial charge is 0.169 e. The van der Waals surface area contributed by atoms with Crippen LogP contribution >= 0.6 is 12.4 Å². The Morgan fingerprint density at radius 3 is 3.00 bits per heavy atom. The van der Waals surface area contributed by atoms with E-state index in [9.17, 15) is 0 Å². The molecule has 10 heavy (non-hydrogen) atoms. The Labute approximate surface area is 67.5 Å². The first-order valence-electron chi connectivity index (χ1n) is 3.37. The molecule has 0 saturated carbocycles. The second kappa shape index (κ2) is 5.92. The quantitative estimate of drug-likeness (QED) is 0.646. The molecule has 1 rings (SSSR count). The van der Waals surface area contributed by atoms with Gasteiger partial charge in [0.15, 0.2) is 6.29 Å². The summed E-state index contributed by atoms with van der Waals surface area (Å²) in [6, 6.07) is 0. The molecule has 1 saturated heterocycles. The van der Waals surface area contributed by atoms with E-state index in [1.807, 2.05) is 6.92 Å². The van der Waals surface area contributed by atoms with Crippen molar-refractivity contribution in [1.29, 1.82) is 0 Å². The zero-order valence-corrected chi connectivity index (χ0v) is 6.95. The van der Waals surface area contributed by atoms with E-state index in [0.29, 0.717) is 0 Å². The molecular weight excluding hydrogens is 154 g/mol. The van der Waals surface area contributed by atoms with Gasteiger partial charge in [-0.15, -0.1) is 12.4 Å². The van der Waals surface area contributed by atoms with Crippen LogP contribution in [-0.4, -0.2) is 32.6 Å². The van der Waals surface area contributed by atoms with Gasteiger partial charge in [-0.2, -0.15) is 0 Å². The first-order valence-corrected chi connectivity index (χ1v) is 3.37. The number of hydrogen-bond donors (Lipinski definition) is 1. The Morgan fingerprint density at radius 2 is 2.50 bits per heavy atom. The van der Waals surface area contributed by atoms with Crippen LogP contribution in [0.3, 0.4) is 0 Å². The molecule has 1 N–H and O–H groups in total. The molecule has 0 radical (unpaired) electrons.